The van der Waals surface area contributed by atoms with Gasteiger partial charge in [0.15, 0.2) is 5.82 Å². The number of methoxy groups -OCH3 is 2. The van der Waals surface area contributed by atoms with Gasteiger partial charge >= 0.3 is 0 Å². The highest BCUT2D eigenvalue weighted by atomic mass is 16.5. The second-order valence-corrected chi connectivity index (χ2v) is 6.16. The van der Waals surface area contributed by atoms with Gasteiger partial charge in [0.2, 0.25) is 0 Å². The molecule has 5 heteroatoms. The second kappa shape index (κ2) is 5.83. The van der Waals surface area contributed by atoms with E-state index in [-0.39, 0.29) is 6.10 Å². The standard InChI is InChI=1S/C19H21N3O2/c1-11-13-6-4-5-7-14(13)18-17(11)19(22-21-18)20-15-9-8-12(23-2)10-16(15)24-3/h4-7,9-12H,8H2,1-3H3,(H2,20,21,22). The van der Waals surface area contributed by atoms with E-state index in [4.69, 9.17) is 9.47 Å². The van der Waals surface area contributed by atoms with Gasteiger partial charge in [-0.05, 0) is 18.1 Å². The lowest BCUT2D eigenvalue weighted by molar-refractivity contribution is 0.136. The number of rotatable bonds is 4. The highest BCUT2D eigenvalue weighted by molar-refractivity contribution is 5.80. The highest BCUT2D eigenvalue weighted by Crippen LogP contribution is 2.46. The van der Waals surface area contributed by atoms with Gasteiger partial charge in [-0.15, -0.1) is 0 Å². The van der Waals surface area contributed by atoms with Crippen molar-refractivity contribution in [1.29, 1.82) is 0 Å². The number of nitrogens with one attached hydrogen (secondary N) is 2. The first-order chi connectivity index (χ1) is 11.7. The van der Waals surface area contributed by atoms with Crippen LogP contribution in [0.1, 0.15) is 30.4 Å². The van der Waals surface area contributed by atoms with E-state index in [1.54, 1.807) is 14.2 Å². The molecule has 2 atom stereocenters. The fourth-order valence-corrected chi connectivity index (χ4v) is 3.57. The molecule has 0 amide bonds. The van der Waals surface area contributed by atoms with Crippen molar-refractivity contribution in [2.75, 3.05) is 19.5 Å². The zero-order valence-electron chi connectivity index (χ0n) is 14.1. The minimum absolute atomic E-state index is 0.0542. The van der Waals surface area contributed by atoms with E-state index >= 15 is 0 Å². The van der Waals surface area contributed by atoms with Crippen LogP contribution >= 0.6 is 0 Å². The summed E-state index contributed by atoms with van der Waals surface area (Å²) in [5.74, 6) is 1.95. The third-order valence-electron chi connectivity index (χ3n) is 4.87. The number of aromatic nitrogens is 2. The highest BCUT2D eigenvalue weighted by Gasteiger charge is 2.31. The monoisotopic (exact) mass is 323 g/mol. The molecule has 1 aromatic heterocycles. The molecule has 2 aliphatic carbocycles. The molecule has 0 aliphatic heterocycles. The molecule has 1 heterocycles. The molecular weight excluding hydrogens is 302 g/mol. The molecule has 5 nitrogen and oxygen atoms in total. The largest absolute Gasteiger partial charge is 0.495 e. The van der Waals surface area contributed by atoms with Gasteiger partial charge in [-0.2, -0.15) is 5.10 Å². The summed E-state index contributed by atoms with van der Waals surface area (Å²) in [5, 5.41) is 11.1. The maximum atomic E-state index is 5.50. The van der Waals surface area contributed by atoms with E-state index < -0.39 is 0 Å². The summed E-state index contributed by atoms with van der Waals surface area (Å²) in [6.45, 7) is 2.22. The van der Waals surface area contributed by atoms with Crippen LogP contribution in [0.3, 0.4) is 0 Å². The van der Waals surface area contributed by atoms with Gasteiger partial charge in [-0.3, -0.25) is 5.10 Å². The first-order valence-corrected chi connectivity index (χ1v) is 8.16. The number of benzene rings is 1. The number of anilines is 1. The van der Waals surface area contributed by atoms with E-state index in [1.165, 1.54) is 16.7 Å². The quantitative estimate of drug-likeness (QED) is 0.899. The third-order valence-corrected chi connectivity index (χ3v) is 4.87. The molecule has 24 heavy (non-hydrogen) atoms. The van der Waals surface area contributed by atoms with Gasteiger partial charge in [-0.1, -0.05) is 37.3 Å². The molecule has 0 spiro atoms. The fourth-order valence-electron chi connectivity index (χ4n) is 3.57. The Bertz CT molecular complexity index is 835. The molecule has 2 aliphatic rings. The van der Waals surface area contributed by atoms with Crippen LogP contribution in [0.25, 0.3) is 11.3 Å². The number of ether oxygens (including phenoxy) is 2. The van der Waals surface area contributed by atoms with Crippen LogP contribution in [-0.4, -0.2) is 30.5 Å². The lowest BCUT2D eigenvalue weighted by atomic mass is 10.00. The number of hydrogen-bond acceptors (Lipinski definition) is 4. The van der Waals surface area contributed by atoms with Gasteiger partial charge in [0.25, 0.3) is 0 Å². The van der Waals surface area contributed by atoms with Crippen molar-refractivity contribution in [3.63, 3.8) is 0 Å². The predicted octanol–water partition coefficient (Wildman–Crippen LogP) is 3.79. The smallest absolute Gasteiger partial charge is 0.156 e. The van der Waals surface area contributed by atoms with E-state index in [0.29, 0.717) is 5.92 Å². The summed E-state index contributed by atoms with van der Waals surface area (Å²) < 4.78 is 10.9. The summed E-state index contributed by atoms with van der Waals surface area (Å²) in [6.07, 6.45) is 4.96. The van der Waals surface area contributed by atoms with Crippen LogP contribution in [0.5, 0.6) is 0 Å². The Morgan fingerprint density at radius 2 is 2.08 bits per heavy atom. The van der Waals surface area contributed by atoms with Gasteiger partial charge in [0, 0.05) is 24.2 Å². The first kappa shape index (κ1) is 15.0. The van der Waals surface area contributed by atoms with Crippen molar-refractivity contribution < 1.29 is 9.47 Å². The summed E-state index contributed by atoms with van der Waals surface area (Å²) in [5.41, 5.74) is 5.82. The summed E-state index contributed by atoms with van der Waals surface area (Å²) in [6, 6.07) is 8.47. The van der Waals surface area contributed by atoms with Crippen molar-refractivity contribution in [1.82, 2.24) is 10.2 Å². The van der Waals surface area contributed by atoms with E-state index in [0.717, 1.165) is 29.4 Å². The van der Waals surface area contributed by atoms with E-state index in [1.807, 2.05) is 6.08 Å². The average molecular weight is 323 g/mol. The number of H-pyrrole nitrogens is 1. The van der Waals surface area contributed by atoms with E-state index in [9.17, 15) is 0 Å². The van der Waals surface area contributed by atoms with Gasteiger partial charge in [0.1, 0.15) is 5.76 Å². The Hall–Kier alpha value is -2.53. The molecule has 0 radical (unpaired) electrons. The number of nitrogens with zero attached hydrogens (tertiary/aromatic N) is 1. The molecule has 0 bridgehead atoms. The van der Waals surface area contributed by atoms with Crippen LogP contribution in [-0.2, 0) is 9.47 Å². The molecule has 124 valence electrons. The molecule has 2 aromatic rings. The zero-order valence-corrected chi connectivity index (χ0v) is 14.1. The second-order valence-electron chi connectivity index (χ2n) is 6.16. The zero-order chi connectivity index (χ0) is 16.7. The lowest BCUT2D eigenvalue weighted by Gasteiger charge is -2.21. The van der Waals surface area contributed by atoms with Gasteiger partial charge in [-0.25, -0.2) is 0 Å². The molecule has 2 unspecified atom stereocenters. The van der Waals surface area contributed by atoms with Crippen molar-refractivity contribution in [3.05, 3.63) is 59.0 Å². The number of fused-ring (bicyclic) bond motifs is 3. The summed E-state index contributed by atoms with van der Waals surface area (Å²) >= 11 is 0. The minimum atomic E-state index is 0.0542. The lowest BCUT2D eigenvalue weighted by Crippen LogP contribution is -2.17. The Labute approximate surface area is 141 Å². The van der Waals surface area contributed by atoms with Crippen molar-refractivity contribution >= 4 is 5.82 Å². The average Bonchev–Trinajstić information content (AvgIpc) is 3.16. The Morgan fingerprint density at radius 3 is 2.88 bits per heavy atom. The third kappa shape index (κ3) is 2.24. The fraction of sp³-hybridized carbons (Fsp3) is 0.316. The van der Waals surface area contributed by atoms with Crippen molar-refractivity contribution in [2.45, 2.75) is 25.4 Å². The van der Waals surface area contributed by atoms with Crippen LogP contribution in [0.2, 0.25) is 0 Å². The molecule has 1 aromatic carbocycles. The topological polar surface area (TPSA) is 59.2 Å². The van der Waals surface area contributed by atoms with Crippen LogP contribution in [0.15, 0.2) is 47.9 Å². The predicted molar refractivity (Wildman–Crippen MR) is 93.8 cm³/mol. The Balaban J connectivity index is 1.66. The van der Waals surface area contributed by atoms with Crippen molar-refractivity contribution in [2.24, 2.45) is 0 Å². The SMILES string of the molecule is COC1=CC(OC)CC=C1Nc1n[nH]c2c1C(C)c1ccccc1-2. The van der Waals surface area contributed by atoms with Crippen LogP contribution in [0, 0.1) is 0 Å². The van der Waals surface area contributed by atoms with Crippen LogP contribution < -0.4 is 5.32 Å². The van der Waals surface area contributed by atoms with Gasteiger partial charge < -0.3 is 14.8 Å². The van der Waals surface area contributed by atoms with Gasteiger partial charge in [0.05, 0.1) is 24.6 Å². The van der Waals surface area contributed by atoms with Crippen molar-refractivity contribution in [3.8, 4) is 11.3 Å². The maximum absolute atomic E-state index is 5.50. The molecule has 0 fully saturated rings. The summed E-state index contributed by atoms with van der Waals surface area (Å²) in [4.78, 5) is 0. The number of aromatic amines is 1. The number of hydrogen-bond donors (Lipinski definition) is 2. The molecule has 0 saturated heterocycles. The van der Waals surface area contributed by atoms with Crippen LogP contribution in [0.4, 0.5) is 5.82 Å². The maximum Gasteiger partial charge on any atom is 0.156 e. The first-order valence-electron chi connectivity index (χ1n) is 8.16. The summed E-state index contributed by atoms with van der Waals surface area (Å²) in [7, 11) is 3.38. The minimum Gasteiger partial charge on any atom is -0.495 e. The molecular formula is C19H21N3O2. The molecule has 2 N–H and O–H groups in total. The Morgan fingerprint density at radius 1 is 1.25 bits per heavy atom. The normalized spacial score (nSPS) is 21.6. The van der Waals surface area contributed by atoms with E-state index in [2.05, 4.69) is 52.8 Å². The Kier molecular flexibility index (Phi) is 3.65. The molecule has 0 saturated carbocycles. The molecule has 4 rings (SSSR count).